The average molecular weight is 292 g/mol. The van der Waals surface area contributed by atoms with Gasteiger partial charge in [-0.25, -0.2) is 4.98 Å². The molecular formula is C16H12N4O2. The Morgan fingerprint density at radius 1 is 1.36 bits per heavy atom. The van der Waals surface area contributed by atoms with Gasteiger partial charge in [0.1, 0.15) is 11.8 Å². The lowest BCUT2D eigenvalue weighted by Gasteiger charge is -2.06. The number of nitrogens with two attached hydrogens (primary N) is 1. The van der Waals surface area contributed by atoms with Gasteiger partial charge in [0.2, 0.25) is 5.78 Å². The van der Waals surface area contributed by atoms with Crippen molar-refractivity contribution >= 4 is 17.0 Å². The first-order valence-electron chi connectivity index (χ1n) is 6.51. The Bertz CT molecular complexity index is 922. The first kappa shape index (κ1) is 13.6. The Labute approximate surface area is 126 Å². The standard InChI is InChI=1S/C16H12N4O2/c1-22-14-8-10(5-6-11(14)18)15(21)16-19-12(9-17)13-4-2-3-7-20(13)16/h2-8H,18H2,1H3. The minimum Gasteiger partial charge on any atom is -0.495 e. The van der Waals surface area contributed by atoms with E-state index in [-0.39, 0.29) is 17.3 Å². The highest BCUT2D eigenvalue weighted by Gasteiger charge is 2.19. The molecule has 6 nitrogen and oxygen atoms in total. The Hall–Kier alpha value is -3.33. The molecule has 3 rings (SSSR count). The molecule has 3 aromatic rings. The second kappa shape index (κ2) is 5.22. The van der Waals surface area contributed by atoms with Crippen molar-refractivity contribution in [2.75, 3.05) is 12.8 Å². The smallest absolute Gasteiger partial charge is 0.229 e. The monoisotopic (exact) mass is 292 g/mol. The quantitative estimate of drug-likeness (QED) is 0.589. The van der Waals surface area contributed by atoms with Crippen molar-refractivity contribution in [1.82, 2.24) is 9.38 Å². The van der Waals surface area contributed by atoms with Gasteiger partial charge < -0.3 is 10.5 Å². The maximum atomic E-state index is 12.7. The van der Waals surface area contributed by atoms with Crippen molar-refractivity contribution < 1.29 is 9.53 Å². The molecule has 0 radical (unpaired) electrons. The molecular weight excluding hydrogens is 280 g/mol. The molecule has 1 aromatic carbocycles. The summed E-state index contributed by atoms with van der Waals surface area (Å²) in [6.45, 7) is 0. The number of aromatic nitrogens is 2. The minimum absolute atomic E-state index is 0.180. The number of carbonyl (C=O) groups is 1. The Balaban J connectivity index is 2.16. The lowest BCUT2D eigenvalue weighted by Crippen LogP contribution is -2.07. The second-order valence-corrected chi connectivity index (χ2v) is 4.64. The predicted molar refractivity (Wildman–Crippen MR) is 80.7 cm³/mol. The van der Waals surface area contributed by atoms with E-state index >= 15 is 0 Å². The first-order valence-corrected chi connectivity index (χ1v) is 6.51. The number of anilines is 1. The number of pyridine rings is 1. The third kappa shape index (κ3) is 2.05. The van der Waals surface area contributed by atoms with Crippen LogP contribution in [-0.2, 0) is 0 Å². The number of carbonyl (C=O) groups excluding carboxylic acids is 1. The molecule has 0 aliphatic carbocycles. The zero-order chi connectivity index (χ0) is 15.7. The molecule has 108 valence electrons. The molecule has 2 heterocycles. The number of hydrogen-bond donors (Lipinski definition) is 1. The van der Waals surface area contributed by atoms with Gasteiger partial charge in [-0.05, 0) is 30.3 Å². The van der Waals surface area contributed by atoms with Gasteiger partial charge >= 0.3 is 0 Å². The summed E-state index contributed by atoms with van der Waals surface area (Å²) in [7, 11) is 1.48. The van der Waals surface area contributed by atoms with Gasteiger partial charge in [0, 0.05) is 11.8 Å². The molecule has 0 bridgehead atoms. The van der Waals surface area contributed by atoms with Crippen LogP contribution in [-0.4, -0.2) is 22.3 Å². The minimum atomic E-state index is -0.305. The fourth-order valence-electron chi connectivity index (χ4n) is 2.26. The molecule has 22 heavy (non-hydrogen) atoms. The summed E-state index contributed by atoms with van der Waals surface area (Å²) in [5.74, 6) is 0.298. The SMILES string of the molecule is COc1cc(C(=O)c2nc(C#N)c3ccccn23)ccc1N. The van der Waals surface area contributed by atoms with Crippen LogP contribution < -0.4 is 10.5 Å². The summed E-state index contributed by atoms with van der Waals surface area (Å²) >= 11 is 0. The molecule has 0 aliphatic rings. The largest absolute Gasteiger partial charge is 0.495 e. The highest BCUT2D eigenvalue weighted by atomic mass is 16.5. The number of methoxy groups -OCH3 is 1. The lowest BCUT2D eigenvalue weighted by atomic mass is 10.1. The number of imidazole rings is 1. The summed E-state index contributed by atoms with van der Waals surface area (Å²) in [6.07, 6.45) is 1.70. The van der Waals surface area contributed by atoms with Crippen molar-refractivity contribution in [3.63, 3.8) is 0 Å². The van der Waals surface area contributed by atoms with Gasteiger partial charge in [0.25, 0.3) is 0 Å². The van der Waals surface area contributed by atoms with E-state index < -0.39 is 0 Å². The van der Waals surface area contributed by atoms with E-state index in [1.54, 1.807) is 47.0 Å². The Morgan fingerprint density at radius 2 is 2.18 bits per heavy atom. The second-order valence-electron chi connectivity index (χ2n) is 4.64. The van der Waals surface area contributed by atoms with E-state index in [0.717, 1.165) is 0 Å². The van der Waals surface area contributed by atoms with Gasteiger partial charge in [-0.15, -0.1) is 0 Å². The predicted octanol–water partition coefficient (Wildman–Crippen LogP) is 2.03. The van der Waals surface area contributed by atoms with E-state index in [1.165, 1.54) is 7.11 Å². The third-order valence-corrected chi connectivity index (χ3v) is 3.35. The summed E-state index contributed by atoms with van der Waals surface area (Å²) in [5.41, 5.74) is 7.41. The first-order chi connectivity index (χ1) is 10.7. The van der Waals surface area contributed by atoms with Crippen LogP contribution in [0.2, 0.25) is 0 Å². The number of nitrogen functional groups attached to an aromatic ring is 1. The topological polar surface area (TPSA) is 93.4 Å². The van der Waals surface area contributed by atoms with Crippen molar-refractivity contribution in [2.24, 2.45) is 0 Å². The van der Waals surface area contributed by atoms with Crippen LogP contribution in [0.4, 0.5) is 5.69 Å². The molecule has 0 unspecified atom stereocenters. The number of rotatable bonds is 3. The van der Waals surface area contributed by atoms with Gasteiger partial charge in [-0.2, -0.15) is 5.26 Å². The highest BCUT2D eigenvalue weighted by molar-refractivity contribution is 6.08. The maximum Gasteiger partial charge on any atom is 0.229 e. The van der Waals surface area contributed by atoms with Crippen LogP contribution in [0, 0.1) is 11.3 Å². The van der Waals surface area contributed by atoms with Gasteiger partial charge in [-0.1, -0.05) is 6.07 Å². The summed E-state index contributed by atoms with van der Waals surface area (Å²) in [5, 5.41) is 9.15. The number of nitriles is 1. The van der Waals surface area contributed by atoms with Crippen molar-refractivity contribution in [3.8, 4) is 11.8 Å². The molecule has 2 aromatic heterocycles. The molecule has 0 atom stereocenters. The maximum absolute atomic E-state index is 12.7. The molecule has 0 saturated carbocycles. The van der Waals surface area contributed by atoms with E-state index in [1.807, 2.05) is 6.07 Å². The van der Waals surface area contributed by atoms with E-state index in [4.69, 9.17) is 15.7 Å². The van der Waals surface area contributed by atoms with Crippen molar-refractivity contribution in [3.05, 3.63) is 59.7 Å². The number of nitrogens with zero attached hydrogens (tertiary/aromatic N) is 3. The summed E-state index contributed by atoms with van der Waals surface area (Å²) < 4.78 is 6.73. The number of hydrogen-bond acceptors (Lipinski definition) is 5. The van der Waals surface area contributed by atoms with Crippen LogP contribution in [0.25, 0.3) is 5.52 Å². The highest BCUT2D eigenvalue weighted by Crippen LogP contribution is 2.24. The van der Waals surface area contributed by atoms with Gasteiger partial charge in [-0.3, -0.25) is 9.20 Å². The number of fused-ring (bicyclic) bond motifs is 1. The summed E-state index contributed by atoms with van der Waals surface area (Å²) in [4.78, 5) is 16.8. The molecule has 6 heteroatoms. The zero-order valence-corrected chi connectivity index (χ0v) is 11.8. The van der Waals surface area contributed by atoms with Crippen LogP contribution in [0.3, 0.4) is 0 Å². The van der Waals surface area contributed by atoms with Crippen LogP contribution in [0.15, 0.2) is 42.6 Å². The molecule has 0 aliphatic heterocycles. The number of ketones is 1. The van der Waals surface area contributed by atoms with E-state index in [0.29, 0.717) is 22.5 Å². The Kier molecular flexibility index (Phi) is 3.24. The number of benzene rings is 1. The molecule has 0 amide bonds. The van der Waals surface area contributed by atoms with Crippen molar-refractivity contribution in [2.45, 2.75) is 0 Å². The molecule has 2 N–H and O–H groups in total. The van der Waals surface area contributed by atoms with Gasteiger partial charge in [0.15, 0.2) is 11.5 Å². The zero-order valence-electron chi connectivity index (χ0n) is 11.8. The summed E-state index contributed by atoms with van der Waals surface area (Å²) in [6, 6.07) is 12.1. The average Bonchev–Trinajstić information content (AvgIpc) is 2.93. The van der Waals surface area contributed by atoms with E-state index in [9.17, 15) is 4.79 Å². The normalized spacial score (nSPS) is 10.4. The third-order valence-electron chi connectivity index (χ3n) is 3.35. The fourth-order valence-corrected chi connectivity index (χ4v) is 2.26. The lowest BCUT2D eigenvalue weighted by molar-refractivity contribution is 0.102. The van der Waals surface area contributed by atoms with E-state index in [2.05, 4.69) is 4.98 Å². The van der Waals surface area contributed by atoms with Crippen LogP contribution >= 0.6 is 0 Å². The molecule has 0 fully saturated rings. The van der Waals surface area contributed by atoms with Crippen LogP contribution in [0.5, 0.6) is 5.75 Å². The number of ether oxygens (including phenoxy) is 1. The Morgan fingerprint density at radius 3 is 2.91 bits per heavy atom. The van der Waals surface area contributed by atoms with Crippen molar-refractivity contribution in [1.29, 1.82) is 5.26 Å². The van der Waals surface area contributed by atoms with Crippen LogP contribution in [0.1, 0.15) is 21.9 Å². The van der Waals surface area contributed by atoms with Gasteiger partial charge in [0.05, 0.1) is 18.3 Å². The fraction of sp³-hybridized carbons (Fsp3) is 0.0625. The molecule has 0 saturated heterocycles. The molecule has 0 spiro atoms.